The van der Waals surface area contributed by atoms with Crippen molar-refractivity contribution in [2.45, 2.75) is 32.9 Å². The Hall–Kier alpha value is -2.08. The molecule has 21 heavy (non-hydrogen) atoms. The van der Waals surface area contributed by atoms with Crippen molar-refractivity contribution in [3.05, 3.63) is 41.6 Å². The van der Waals surface area contributed by atoms with Gasteiger partial charge in [-0.05, 0) is 18.1 Å². The standard InChI is InChI=1S/C15H22N4O2/c1-11(2)15-12(10-19(3)18-15)7-16-9-14(20)17-8-13-5-4-6-21-13/h4-6,10-11,16H,7-9H2,1-3H3,(H,17,20). The number of nitrogens with zero attached hydrogens (tertiary/aromatic N) is 2. The number of nitrogens with one attached hydrogen (secondary N) is 2. The Bertz CT molecular complexity index is 573. The Morgan fingerprint density at radius 1 is 1.43 bits per heavy atom. The Morgan fingerprint density at radius 2 is 2.24 bits per heavy atom. The van der Waals surface area contributed by atoms with E-state index in [1.54, 1.807) is 12.3 Å². The highest BCUT2D eigenvalue weighted by atomic mass is 16.3. The van der Waals surface area contributed by atoms with Crippen LogP contribution in [0, 0.1) is 0 Å². The van der Waals surface area contributed by atoms with Crippen molar-refractivity contribution in [1.82, 2.24) is 20.4 Å². The van der Waals surface area contributed by atoms with Crippen LogP contribution >= 0.6 is 0 Å². The minimum Gasteiger partial charge on any atom is -0.467 e. The van der Waals surface area contributed by atoms with Crippen molar-refractivity contribution >= 4 is 5.91 Å². The molecule has 0 saturated carbocycles. The first-order valence-corrected chi connectivity index (χ1v) is 7.08. The third kappa shape index (κ3) is 4.46. The van der Waals surface area contributed by atoms with E-state index in [0.717, 1.165) is 17.0 Å². The van der Waals surface area contributed by atoms with Gasteiger partial charge < -0.3 is 15.1 Å². The molecule has 6 heteroatoms. The van der Waals surface area contributed by atoms with Crippen LogP contribution in [-0.2, 0) is 24.9 Å². The number of carbonyl (C=O) groups is 1. The van der Waals surface area contributed by atoms with Gasteiger partial charge in [0.2, 0.25) is 5.91 Å². The first-order chi connectivity index (χ1) is 10.1. The highest BCUT2D eigenvalue weighted by molar-refractivity contribution is 5.77. The van der Waals surface area contributed by atoms with Gasteiger partial charge in [-0.25, -0.2) is 0 Å². The lowest BCUT2D eigenvalue weighted by Crippen LogP contribution is -2.33. The van der Waals surface area contributed by atoms with Gasteiger partial charge in [0, 0.05) is 25.4 Å². The number of rotatable bonds is 7. The zero-order chi connectivity index (χ0) is 15.2. The zero-order valence-corrected chi connectivity index (χ0v) is 12.7. The molecule has 2 rings (SSSR count). The quantitative estimate of drug-likeness (QED) is 0.811. The molecule has 0 radical (unpaired) electrons. The summed E-state index contributed by atoms with van der Waals surface area (Å²) in [7, 11) is 1.91. The number of hydrogen-bond donors (Lipinski definition) is 2. The van der Waals surface area contributed by atoms with Gasteiger partial charge in [-0.15, -0.1) is 0 Å². The summed E-state index contributed by atoms with van der Waals surface area (Å²) in [6, 6.07) is 3.63. The molecule has 0 bridgehead atoms. The predicted octanol–water partition coefficient (Wildman–Crippen LogP) is 1.54. The van der Waals surface area contributed by atoms with E-state index in [2.05, 4.69) is 29.6 Å². The van der Waals surface area contributed by atoms with Crippen LogP contribution < -0.4 is 10.6 Å². The van der Waals surface area contributed by atoms with E-state index in [9.17, 15) is 4.79 Å². The minimum atomic E-state index is -0.0543. The summed E-state index contributed by atoms with van der Waals surface area (Å²) in [6.07, 6.45) is 3.58. The van der Waals surface area contributed by atoms with Gasteiger partial charge in [0.05, 0.1) is 25.0 Å². The minimum absolute atomic E-state index is 0.0543. The third-order valence-corrected chi connectivity index (χ3v) is 3.12. The SMILES string of the molecule is CC(C)c1nn(C)cc1CNCC(=O)NCc1ccco1. The van der Waals surface area contributed by atoms with Crippen LogP contribution in [0.4, 0.5) is 0 Å². The number of amides is 1. The summed E-state index contributed by atoms with van der Waals surface area (Å²) in [5.41, 5.74) is 2.20. The van der Waals surface area contributed by atoms with Crippen LogP contribution in [-0.4, -0.2) is 22.2 Å². The Kier molecular flexibility index (Phi) is 5.16. The van der Waals surface area contributed by atoms with Gasteiger partial charge in [-0.2, -0.15) is 5.10 Å². The maximum Gasteiger partial charge on any atom is 0.234 e. The molecule has 0 aromatic carbocycles. The van der Waals surface area contributed by atoms with Gasteiger partial charge in [0.25, 0.3) is 0 Å². The highest BCUT2D eigenvalue weighted by Gasteiger charge is 2.11. The fraction of sp³-hybridized carbons (Fsp3) is 0.467. The van der Waals surface area contributed by atoms with Gasteiger partial charge in [0.1, 0.15) is 5.76 Å². The fourth-order valence-electron chi connectivity index (χ4n) is 2.15. The van der Waals surface area contributed by atoms with Crippen LogP contribution in [0.5, 0.6) is 0 Å². The van der Waals surface area contributed by atoms with Crippen molar-refractivity contribution in [3.63, 3.8) is 0 Å². The van der Waals surface area contributed by atoms with Crippen LogP contribution in [0.15, 0.2) is 29.0 Å². The van der Waals surface area contributed by atoms with E-state index in [1.807, 2.05) is 24.0 Å². The largest absolute Gasteiger partial charge is 0.467 e. The Labute approximate surface area is 124 Å². The highest BCUT2D eigenvalue weighted by Crippen LogP contribution is 2.16. The molecule has 2 N–H and O–H groups in total. The molecule has 2 heterocycles. The van der Waals surface area contributed by atoms with E-state index in [4.69, 9.17) is 4.42 Å². The van der Waals surface area contributed by atoms with E-state index in [0.29, 0.717) is 19.0 Å². The molecule has 2 aromatic rings. The summed E-state index contributed by atoms with van der Waals surface area (Å²) < 4.78 is 6.97. The second-order valence-electron chi connectivity index (χ2n) is 5.33. The van der Waals surface area contributed by atoms with Crippen LogP contribution in [0.2, 0.25) is 0 Å². The van der Waals surface area contributed by atoms with E-state index in [1.165, 1.54) is 0 Å². The molecule has 1 amide bonds. The molecular weight excluding hydrogens is 268 g/mol. The second-order valence-corrected chi connectivity index (χ2v) is 5.33. The van der Waals surface area contributed by atoms with Gasteiger partial charge in [-0.1, -0.05) is 13.8 Å². The van der Waals surface area contributed by atoms with Crippen LogP contribution in [0.25, 0.3) is 0 Å². The lowest BCUT2D eigenvalue weighted by atomic mass is 10.1. The first kappa shape index (κ1) is 15.3. The van der Waals surface area contributed by atoms with Crippen molar-refractivity contribution in [3.8, 4) is 0 Å². The Balaban J connectivity index is 1.75. The van der Waals surface area contributed by atoms with Crippen LogP contribution in [0.3, 0.4) is 0 Å². The molecule has 0 spiro atoms. The molecular formula is C15H22N4O2. The molecule has 2 aromatic heterocycles. The van der Waals surface area contributed by atoms with Crippen molar-refractivity contribution in [2.75, 3.05) is 6.54 Å². The Morgan fingerprint density at radius 3 is 2.90 bits per heavy atom. The molecule has 0 aliphatic rings. The van der Waals surface area contributed by atoms with E-state index >= 15 is 0 Å². The van der Waals surface area contributed by atoms with Gasteiger partial charge in [0.15, 0.2) is 0 Å². The maximum atomic E-state index is 11.7. The van der Waals surface area contributed by atoms with Crippen molar-refractivity contribution < 1.29 is 9.21 Å². The molecule has 114 valence electrons. The van der Waals surface area contributed by atoms with E-state index < -0.39 is 0 Å². The normalized spacial score (nSPS) is 11.0. The molecule has 0 atom stereocenters. The second kappa shape index (κ2) is 7.08. The number of hydrogen-bond acceptors (Lipinski definition) is 4. The molecule has 0 saturated heterocycles. The molecule has 0 aliphatic carbocycles. The number of furan rings is 1. The summed E-state index contributed by atoms with van der Waals surface area (Å²) in [5, 5.41) is 10.4. The third-order valence-electron chi connectivity index (χ3n) is 3.12. The summed E-state index contributed by atoms with van der Waals surface area (Å²) in [4.78, 5) is 11.7. The maximum absolute atomic E-state index is 11.7. The lowest BCUT2D eigenvalue weighted by Gasteiger charge is -2.07. The average molecular weight is 290 g/mol. The monoisotopic (exact) mass is 290 g/mol. The van der Waals surface area contributed by atoms with Crippen molar-refractivity contribution in [1.29, 1.82) is 0 Å². The molecule has 6 nitrogen and oxygen atoms in total. The molecule has 0 aliphatic heterocycles. The van der Waals surface area contributed by atoms with Gasteiger partial charge >= 0.3 is 0 Å². The number of carbonyl (C=O) groups excluding carboxylic acids is 1. The zero-order valence-electron chi connectivity index (χ0n) is 12.7. The fourth-order valence-corrected chi connectivity index (χ4v) is 2.15. The number of aromatic nitrogens is 2. The number of aryl methyl sites for hydroxylation is 1. The summed E-state index contributed by atoms with van der Waals surface area (Å²) in [5.74, 6) is 1.06. The molecule has 0 unspecified atom stereocenters. The van der Waals surface area contributed by atoms with Crippen molar-refractivity contribution in [2.24, 2.45) is 7.05 Å². The lowest BCUT2D eigenvalue weighted by molar-refractivity contribution is -0.120. The van der Waals surface area contributed by atoms with Crippen LogP contribution in [0.1, 0.15) is 36.8 Å². The predicted molar refractivity (Wildman–Crippen MR) is 79.6 cm³/mol. The molecule has 0 fully saturated rings. The topological polar surface area (TPSA) is 72.1 Å². The smallest absolute Gasteiger partial charge is 0.234 e. The summed E-state index contributed by atoms with van der Waals surface area (Å²) >= 11 is 0. The van der Waals surface area contributed by atoms with E-state index in [-0.39, 0.29) is 12.5 Å². The summed E-state index contributed by atoms with van der Waals surface area (Å²) in [6.45, 7) is 5.55. The first-order valence-electron chi connectivity index (χ1n) is 7.08. The average Bonchev–Trinajstić information content (AvgIpc) is 3.06. The van der Waals surface area contributed by atoms with Gasteiger partial charge in [-0.3, -0.25) is 9.48 Å².